The van der Waals surface area contributed by atoms with E-state index in [4.69, 9.17) is 22.9 Å². The Morgan fingerprint density at radius 2 is 1.14 bits per heavy atom. The molecule has 44 heavy (non-hydrogen) atoms. The fraction of sp³-hybridized carbons (Fsp3) is 0. The van der Waals surface area contributed by atoms with Crippen LogP contribution in [-0.4, -0.2) is 13.0 Å². The van der Waals surface area contributed by atoms with E-state index in [0.29, 0.717) is 39.8 Å². The molecule has 0 spiro atoms. The maximum absolute atomic E-state index is 13.4. The van der Waals surface area contributed by atoms with Gasteiger partial charge in [0.05, 0.1) is 34.1 Å². The fourth-order valence-electron chi connectivity index (χ4n) is 3.95. The minimum Gasteiger partial charge on any atom is -0.871 e. The maximum Gasteiger partial charge on any atom is 1.00 e. The molecule has 0 saturated heterocycles. The van der Waals surface area contributed by atoms with E-state index in [2.05, 4.69) is 30.7 Å². The van der Waals surface area contributed by atoms with E-state index in [1.54, 1.807) is 48.5 Å². The van der Waals surface area contributed by atoms with Crippen LogP contribution in [-0.2, 0) is 10.1 Å². The number of azo groups is 3. The van der Waals surface area contributed by atoms with Crippen molar-refractivity contribution in [2.45, 2.75) is 4.90 Å². The minimum absolute atomic E-state index is 0. The molecule has 0 bridgehead atoms. The fourth-order valence-corrected chi connectivity index (χ4v) is 4.60. The molecule has 14 nitrogen and oxygen atoms in total. The van der Waals surface area contributed by atoms with Gasteiger partial charge in [-0.25, -0.2) is 0 Å². The van der Waals surface area contributed by atoms with Gasteiger partial charge in [-0.3, -0.25) is 4.55 Å². The third-order valence-electron chi connectivity index (χ3n) is 6.04. The first-order valence-corrected chi connectivity index (χ1v) is 13.8. The van der Waals surface area contributed by atoms with Crippen molar-refractivity contribution < 1.29 is 47.6 Å². The molecule has 5 rings (SSSR count). The second-order valence-electron chi connectivity index (χ2n) is 9.19. The molecule has 16 heteroatoms. The number of hydrogen-bond acceptors (Lipinski definition) is 13. The second-order valence-corrected chi connectivity index (χ2v) is 10.6. The zero-order chi connectivity index (χ0) is 30.7. The van der Waals surface area contributed by atoms with E-state index in [-0.39, 0.29) is 51.7 Å². The van der Waals surface area contributed by atoms with Gasteiger partial charge in [0, 0.05) is 11.4 Å². The monoisotopic (exact) mass is 618 g/mol. The number of nitrogens with two attached hydrogens (primary N) is 4. The van der Waals surface area contributed by atoms with Gasteiger partial charge in [0.15, 0.2) is 0 Å². The van der Waals surface area contributed by atoms with Gasteiger partial charge in [-0.05, 0) is 83.6 Å². The molecule has 0 amide bonds. The predicted molar refractivity (Wildman–Crippen MR) is 163 cm³/mol. The first-order valence-electron chi connectivity index (χ1n) is 12.4. The summed E-state index contributed by atoms with van der Waals surface area (Å²) in [5.41, 5.74) is 25.9. The van der Waals surface area contributed by atoms with Crippen LogP contribution in [0.15, 0.2) is 121 Å². The van der Waals surface area contributed by atoms with Crippen molar-refractivity contribution in [3.63, 3.8) is 0 Å². The van der Waals surface area contributed by atoms with Gasteiger partial charge in [-0.2, -0.15) is 23.8 Å². The van der Waals surface area contributed by atoms with Gasteiger partial charge in [0.25, 0.3) is 10.1 Å². The van der Waals surface area contributed by atoms with E-state index in [1.807, 2.05) is 0 Å². The number of rotatable bonds is 7. The smallest absolute Gasteiger partial charge is 0.871 e. The van der Waals surface area contributed by atoms with Crippen LogP contribution < -0.4 is 57.6 Å². The van der Waals surface area contributed by atoms with E-state index >= 15 is 0 Å². The standard InChI is InChI=1S/C28H24N10O4S.Na/c29-16-5-8-24(22(31)11-16)36-33-18-2-1-3-19(13-18)35-38-27-26(43(40,41)42)10-15-4-7-20(14-21(15)28(27)39)34-37-25-9-6-17(30)12-23(25)32;/h1-14,39H,29-32H2,(H,40,41,42);/q;+1/p-1. The summed E-state index contributed by atoms with van der Waals surface area (Å²) in [5, 5.41) is 38.1. The van der Waals surface area contributed by atoms with Crippen molar-refractivity contribution in [2.24, 2.45) is 30.7 Å². The van der Waals surface area contributed by atoms with Crippen molar-refractivity contribution >= 4 is 77.8 Å². The number of anilines is 4. The number of nitrogen functional groups attached to an aromatic ring is 4. The summed E-state index contributed by atoms with van der Waals surface area (Å²) in [7, 11) is -4.85. The minimum atomic E-state index is -4.85. The Bertz CT molecular complexity index is 2090. The van der Waals surface area contributed by atoms with E-state index < -0.39 is 26.5 Å². The van der Waals surface area contributed by atoms with Crippen LogP contribution in [0, 0.1) is 0 Å². The van der Waals surface area contributed by atoms with Crippen LogP contribution >= 0.6 is 0 Å². The SMILES string of the molecule is Nc1ccc(N=Nc2cccc(N=Nc3c(S(=O)(=O)O)cc4ccc(N=Nc5ccc(N)cc5N)cc4c3[O-])c2)c(N)c1.[Na+]. The van der Waals surface area contributed by atoms with Crippen molar-refractivity contribution in [1.29, 1.82) is 0 Å². The largest absolute Gasteiger partial charge is 1.00 e. The molecular formula is C28H23N10NaO4S. The van der Waals surface area contributed by atoms with E-state index in [0.717, 1.165) is 6.07 Å². The first-order chi connectivity index (χ1) is 20.5. The van der Waals surface area contributed by atoms with Crippen molar-refractivity contribution in [3.05, 3.63) is 84.9 Å². The summed E-state index contributed by atoms with van der Waals surface area (Å²) in [6, 6.07) is 21.4. The zero-order valence-electron chi connectivity index (χ0n) is 23.2. The zero-order valence-corrected chi connectivity index (χ0v) is 26.0. The molecule has 9 N–H and O–H groups in total. The summed E-state index contributed by atoms with van der Waals surface area (Å²) >= 11 is 0. The van der Waals surface area contributed by atoms with Gasteiger partial charge >= 0.3 is 29.6 Å². The summed E-state index contributed by atoms with van der Waals surface area (Å²) < 4.78 is 34.2. The van der Waals surface area contributed by atoms with Crippen LogP contribution in [0.4, 0.5) is 56.9 Å². The third kappa shape index (κ3) is 7.34. The molecule has 0 radical (unpaired) electrons. The number of benzene rings is 5. The molecule has 0 aliphatic carbocycles. The Morgan fingerprint density at radius 3 is 1.66 bits per heavy atom. The molecule has 0 heterocycles. The quantitative estimate of drug-likeness (QED) is 0.0775. The first kappa shape index (κ1) is 32.0. The van der Waals surface area contributed by atoms with Crippen molar-refractivity contribution in [2.75, 3.05) is 22.9 Å². The van der Waals surface area contributed by atoms with Gasteiger partial charge in [0.1, 0.15) is 16.3 Å². The van der Waals surface area contributed by atoms with Crippen LogP contribution in [0.2, 0.25) is 0 Å². The number of hydrogen-bond donors (Lipinski definition) is 5. The molecule has 216 valence electrons. The van der Waals surface area contributed by atoms with Crippen molar-refractivity contribution in [3.8, 4) is 5.75 Å². The van der Waals surface area contributed by atoms with Gasteiger partial charge in [-0.1, -0.05) is 17.9 Å². The Hall–Kier alpha value is -4.93. The average Bonchev–Trinajstić information content (AvgIpc) is 2.95. The van der Waals surface area contributed by atoms with Gasteiger partial charge in [0.2, 0.25) is 0 Å². The third-order valence-corrected chi connectivity index (χ3v) is 6.91. The molecule has 0 atom stereocenters. The summed E-state index contributed by atoms with van der Waals surface area (Å²) in [5.74, 6) is -0.799. The van der Waals surface area contributed by atoms with Gasteiger partial charge < -0.3 is 28.0 Å². The average molecular weight is 619 g/mol. The molecule has 0 saturated carbocycles. The summed E-state index contributed by atoms with van der Waals surface area (Å²) in [4.78, 5) is -0.701. The Balaban J connectivity index is 0.00000442. The van der Waals surface area contributed by atoms with Crippen LogP contribution in [0.3, 0.4) is 0 Å². The maximum atomic E-state index is 13.4. The van der Waals surface area contributed by atoms with Crippen LogP contribution in [0.5, 0.6) is 5.75 Å². The number of nitrogens with zero attached hydrogens (tertiary/aromatic N) is 6. The Kier molecular flexibility index (Phi) is 9.56. The molecule has 0 unspecified atom stereocenters. The summed E-state index contributed by atoms with van der Waals surface area (Å²) in [6.07, 6.45) is 0. The second kappa shape index (κ2) is 13.2. The van der Waals surface area contributed by atoms with Crippen LogP contribution in [0.1, 0.15) is 0 Å². The van der Waals surface area contributed by atoms with Gasteiger partial charge in [-0.15, -0.1) is 15.3 Å². The molecular weight excluding hydrogens is 595 g/mol. The van der Waals surface area contributed by atoms with Crippen LogP contribution in [0.25, 0.3) is 10.8 Å². The summed E-state index contributed by atoms with van der Waals surface area (Å²) in [6.45, 7) is 0. The Labute approximate surface area is 273 Å². The Morgan fingerprint density at radius 1 is 0.614 bits per heavy atom. The predicted octanol–water partition coefficient (Wildman–Crippen LogP) is 3.74. The number of fused-ring (bicyclic) bond motifs is 1. The molecule has 5 aromatic carbocycles. The molecule has 0 fully saturated rings. The molecule has 5 aromatic rings. The van der Waals surface area contributed by atoms with E-state index in [1.165, 1.54) is 30.3 Å². The normalized spacial score (nSPS) is 11.9. The topological polar surface area (TPSA) is 256 Å². The molecule has 0 aliphatic heterocycles. The van der Waals surface area contributed by atoms with E-state index in [9.17, 15) is 18.1 Å². The molecule has 0 aromatic heterocycles. The molecule has 0 aliphatic rings. The van der Waals surface area contributed by atoms with Crippen molar-refractivity contribution in [1.82, 2.24) is 0 Å².